The minimum absolute atomic E-state index is 0.367. The van der Waals surface area contributed by atoms with Crippen LogP contribution in [0.3, 0.4) is 0 Å². The molecular formula is C13H13BrN2O2S2. The number of hydrogen-bond acceptors (Lipinski definition) is 4. The fourth-order valence-corrected chi connectivity index (χ4v) is 6.15. The van der Waals surface area contributed by atoms with E-state index in [1.807, 2.05) is 13.0 Å². The Morgan fingerprint density at radius 2 is 2.10 bits per heavy atom. The molecule has 0 radical (unpaired) electrons. The summed E-state index contributed by atoms with van der Waals surface area (Å²) < 4.78 is 28.2. The van der Waals surface area contributed by atoms with Gasteiger partial charge in [0, 0.05) is 12.2 Å². The Bertz CT molecular complexity index is 764. The van der Waals surface area contributed by atoms with Crippen molar-refractivity contribution in [1.29, 1.82) is 0 Å². The fourth-order valence-electron chi connectivity index (χ4n) is 2.31. The van der Waals surface area contributed by atoms with Gasteiger partial charge in [-0.15, -0.1) is 11.3 Å². The van der Waals surface area contributed by atoms with E-state index in [0.29, 0.717) is 22.9 Å². The average molecular weight is 373 g/mol. The maximum absolute atomic E-state index is 12.7. The Hall–Kier alpha value is -1.05. The zero-order valence-electron chi connectivity index (χ0n) is 10.8. The molecule has 0 atom stereocenters. The van der Waals surface area contributed by atoms with Crippen LogP contribution in [-0.2, 0) is 16.4 Å². The van der Waals surface area contributed by atoms with Crippen molar-refractivity contribution in [2.24, 2.45) is 0 Å². The van der Waals surface area contributed by atoms with Crippen molar-refractivity contribution in [1.82, 2.24) is 0 Å². The van der Waals surface area contributed by atoms with E-state index in [4.69, 9.17) is 5.73 Å². The number of thiophene rings is 1. The highest BCUT2D eigenvalue weighted by molar-refractivity contribution is 9.11. The number of fused-ring (bicyclic) bond motifs is 1. The standard InChI is InChI=1S/C13H13BrN2O2S2/c1-8-6-12(19-13(8)14)20(17,18)16-5-4-9-7-10(15)2-3-11(9)16/h2-3,6-7H,4-5,15H2,1H3. The van der Waals surface area contributed by atoms with Gasteiger partial charge >= 0.3 is 0 Å². The highest BCUT2D eigenvalue weighted by Gasteiger charge is 2.32. The second-order valence-corrected chi connectivity index (χ2v) is 9.20. The molecule has 2 heterocycles. The Morgan fingerprint density at radius 1 is 1.35 bits per heavy atom. The van der Waals surface area contributed by atoms with Gasteiger partial charge in [-0.3, -0.25) is 4.31 Å². The summed E-state index contributed by atoms with van der Waals surface area (Å²) in [5, 5.41) is 0. The molecule has 20 heavy (non-hydrogen) atoms. The lowest BCUT2D eigenvalue weighted by atomic mass is 10.1. The predicted molar refractivity (Wildman–Crippen MR) is 85.8 cm³/mol. The maximum atomic E-state index is 12.7. The molecule has 1 aliphatic rings. The van der Waals surface area contributed by atoms with E-state index in [9.17, 15) is 8.42 Å². The van der Waals surface area contributed by atoms with E-state index in [1.165, 1.54) is 15.6 Å². The van der Waals surface area contributed by atoms with Gasteiger partial charge in [0.25, 0.3) is 10.0 Å². The van der Waals surface area contributed by atoms with Crippen LogP contribution in [0.25, 0.3) is 0 Å². The molecule has 0 aliphatic carbocycles. The highest BCUT2D eigenvalue weighted by atomic mass is 79.9. The number of nitrogens with zero attached hydrogens (tertiary/aromatic N) is 1. The Kier molecular flexibility index (Phi) is 3.30. The van der Waals surface area contributed by atoms with E-state index in [2.05, 4.69) is 15.9 Å². The third-order valence-corrected chi connectivity index (χ3v) is 7.73. The number of aryl methyl sites for hydroxylation is 1. The number of anilines is 2. The number of nitrogen functional groups attached to an aromatic ring is 1. The van der Waals surface area contributed by atoms with Gasteiger partial charge in [0.2, 0.25) is 0 Å². The molecular weight excluding hydrogens is 360 g/mol. The highest BCUT2D eigenvalue weighted by Crippen LogP contribution is 2.38. The summed E-state index contributed by atoms with van der Waals surface area (Å²) in [5.41, 5.74) is 9.07. The van der Waals surface area contributed by atoms with E-state index < -0.39 is 10.0 Å². The molecule has 1 aromatic heterocycles. The van der Waals surface area contributed by atoms with Crippen molar-refractivity contribution in [3.05, 3.63) is 39.2 Å². The summed E-state index contributed by atoms with van der Waals surface area (Å²) >= 11 is 4.63. The number of benzene rings is 1. The maximum Gasteiger partial charge on any atom is 0.273 e. The SMILES string of the molecule is Cc1cc(S(=O)(=O)N2CCc3cc(N)ccc32)sc1Br. The van der Waals surface area contributed by atoms with Crippen molar-refractivity contribution in [2.75, 3.05) is 16.6 Å². The van der Waals surface area contributed by atoms with Crippen LogP contribution in [0.2, 0.25) is 0 Å². The van der Waals surface area contributed by atoms with Crippen LogP contribution in [-0.4, -0.2) is 15.0 Å². The summed E-state index contributed by atoms with van der Waals surface area (Å²) in [5.74, 6) is 0. The van der Waals surface area contributed by atoms with Crippen LogP contribution >= 0.6 is 27.3 Å². The molecule has 0 fully saturated rings. The van der Waals surface area contributed by atoms with Gasteiger partial charge in [-0.1, -0.05) is 0 Å². The molecule has 0 spiro atoms. The van der Waals surface area contributed by atoms with Crippen molar-refractivity contribution < 1.29 is 8.42 Å². The second-order valence-electron chi connectivity index (χ2n) is 4.74. The zero-order chi connectivity index (χ0) is 14.5. The molecule has 0 bridgehead atoms. The Morgan fingerprint density at radius 3 is 2.75 bits per heavy atom. The van der Waals surface area contributed by atoms with E-state index in [-0.39, 0.29) is 0 Å². The topological polar surface area (TPSA) is 63.4 Å². The van der Waals surface area contributed by atoms with Crippen LogP contribution in [0.5, 0.6) is 0 Å². The van der Waals surface area contributed by atoms with Gasteiger partial charge in [-0.05, 0) is 64.7 Å². The molecule has 106 valence electrons. The third kappa shape index (κ3) is 2.13. The number of hydrogen-bond donors (Lipinski definition) is 1. The van der Waals surface area contributed by atoms with E-state index in [1.54, 1.807) is 18.2 Å². The normalized spacial score (nSPS) is 14.6. The summed E-state index contributed by atoms with van der Waals surface area (Å²) in [6.07, 6.45) is 0.700. The van der Waals surface area contributed by atoms with Gasteiger partial charge < -0.3 is 5.73 Å². The molecule has 0 amide bonds. The van der Waals surface area contributed by atoms with Crippen molar-refractivity contribution >= 4 is 48.7 Å². The lowest BCUT2D eigenvalue weighted by molar-refractivity contribution is 0.594. The molecule has 7 heteroatoms. The van der Waals surface area contributed by atoms with Crippen molar-refractivity contribution in [3.8, 4) is 0 Å². The Labute approximate surface area is 130 Å². The smallest absolute Gasteiger partial charge is 0.273 e. The summed E-state index contributed by atoms with van der Waals surface area (Å²) in [4.78, 5) is 0. The molecule has 1 aromatic carbocycles. The van der Waals surface area contributed by atoms with Gasteiger partial charge in [-0.2, -0.15) is 0 Å². The first kappa shape index (κ1) is 13.9. The Balaban J connectivity index is 2.07. The van der Waals surface area contributed by atoms with Crippen LogP contribution in [0, 0.1) is 6.92 Å². The molecule has 2 N–H and O–H groups in total. The van der Waals surface area contributed by atoms with E-state index in [0.717, 1.165) is 20.6 Å². The molecule has 0 saturated heterocycles. The number of nitrogens with two attached hydrogens (primary N) is 1. The molecule has 4 nitrogen and oxygen atoms in total. The second kappa shape index (κ2) is 4.75. The largest absolute Gasteiger partial charge is 0.399 e. The van der Waals surface area contributed by atoms with Crippen LogP contribution in [0.1, 0.15) is 11.1 Å². The predicted octanol–water partition coefficient (Wildman–Crippen LogP) is 3.15. The van der Waals surface area contributed by atoms with Gasteiger partial charge in [0.05, 0.1) is 9.47 Å². The van der Waals surface area contributed by atoms with Gasteiger partial charge in [0.15, 0.2) is 0 Å². The monoisotopic (exact) mass is 372 g/mol. The number of halogens is 1. The molecule has 3 rings (SSSR count). The summed E-state index contributed by atoms with van der Waals surface area (Å²) in [6.45, 7) is 2.36. The first-order valence-corrected chi connectivity index (χ1v) is 9.11. The fraction of sp³-hybridized carbons (Fsp3) is 0.231. The average Bonchev–Trinajstić information content (AvgIpc) is 2.94. The quantitative estimate of drug-likeness (QED) is 0.823. The first-order valence-electron chi connectivity index (χ1n) is 6.06. The minimum atomic E-state index is -3.49. The molecule has 0 saturated carbocycles. The number of rotatable bonds is 2. The van der Waals surface area contributed by atoms with E-state index >= 15 is 0 Å². The van der Waals surface area contributed by atoms with Gasteiger partial charge in [-0.25, -0.2) is 8.42 Å². The first-order chi connectivity index (χ1) is 9.39. The van der Waals surface area contributed by atoms with Crippen LogP contribution in [0.4, 0.5) is 11.4 Å². The summed E-state index contributed by atoms with van der Waals surface area (Å²) in [7, 11) is -3.49. The summed E-state index contributed by atoms with van der Waals surface area (Å²) in [6, 6.07) is 7.08. The van der Waals surface area contributed by atoms with Gasteiger partial charge in [0.1, 0.15) is 4.21 Å². The van der Waals surface area contributed by atoms with Crippen molar-refractivity contribution in [2.45, 2.75) is 17.6 Å². The van der Waals surface area contributed by atoms with Crippen LogP contribution in [0.15, 0.2) is 32.3 Å². The zero-order valence-corrected chi connectivity index (χ0v) is 14.0. The van der Waals surface area contributed by atoms with Crippen molar-refractivity contribution in [3.63, 3.8) is 0 Å². The van der Waals surface area contributed by atoms with Crippen LogP contribution < -0.4 is 10.0 Å². The molecule has 2 aromatic rings. The molecule has 1 aliphatic heterocycles. The third-order valence-electron chi connectivity index (χ3n) is 3.34. The lowest BCUT2D eigenvalue weighted by Gasteiger charge is -2.18. The molecule has 0 unspecified atom stereocenters. The number of sulfonamides is 1. The lowest BCUT2D eigenvalue weighted by Crippen LogP contribution is -2.28. The minimum Gasteiger partial charge on any atom is -0.399 e.